The average molecular weight is 903 g/mol. The van der Waals surface area contributed by atoms with Crippen molar-refractivity contribution >= 4 is 29.5 Å². The van der Waals surface area contributed by atoms with Gasteiger partial charge in [0.15, 0.2) is 6.04 Å². The monoisotopic (exact) mass is 902 g/mol. The molecule has 17 heteroatoms. The fraction of sp³-hybridized carbons (Fsp3) is 0.490. The Hall–Kier alpha value is -6.35. The van der Waals surface area contributed by atoms with Gasteiger partial charge in [-0.3, -0.25) is 14.7 Å². The fourth-order valence-electron chi connectivity index (χ4n) is 10.2. The van der Waals surface area contributed by atoms with Crippen LogP contribution in [0.3, 0.4) is 0 Å². The van der Waals surface area contributed by atoms with E-state index in [1.807, 2.05) is 43.9 Å². The quantitative estimate of drug-likeness (QED) is 0.146. The molecule has 3 aromatic rings. The number of benzene rings is 2. The molecule has 0 spiro atoms. The van der Waals surface area contributed by atoms with Crippen LogP contribution in [0.15, 0.2) is 71.1 Å². The van der Waals surface area contributed by atoms with Crippen LogP contribution in [0, 0.1) is 29.6 Å². The van der Waals surface area contributed by atoms with Gasteiger partial charge in [0.05, 0.1) is 45.5 Å². The summed E-state index contributed by atoms with van der Waals surface area (Å²) in [5.74, 6) is 9.10. The number of nitrogens with zero attached hydrogens (tertiary/aromatic N) is 4. The number of imidazole rings is 1. The SMILES string of the molecule is COC[C@H]1C[C@@H](C2=NCC(c3cc4c5c(c3)OCC3=C5C(=CC(c5cnc([C@@H]6C#C[C@H](C)CN6C(=O)[C@H](NC(=O)OC)c6ccccc6)[nH]5)C3)OC4)N2)N(C(O)[C@@H](NC(=O)OC)C(C)C)C1. The van der Waals surface area contributed by atoms with Crippen LogP contribution in [0.2, 0.25) is 0 Å². The number of alkyl carbamates (subject to hydrolysis) is 2. The molecule has 6 aliphatic rings. The first kappa shape index (κ1) is 44.8. The lowest BCUT2D eigenvalue weighted by molar-refractivity contribution is -0.135. The minimum absolute atomic E-state index is 0.0590. The minimum atomic E-state index is -0.977. The molecule has 66 heavy (non-hydrogen) atoms. The first-order valence-electron chi connectivity index (χ1n) is 22.6. The average Bonchev–Trinajstić information content (AvgIpc) is 4.12. The smallest absolute Gasteiger partial charge is 0.407 e. The number of carbonyl (C=O) groups is 3. The number of hydrogen-bond acceptors (Lipinski definition) is 13. The van der Waals surface area contributed by atoms with Crippen molar-refractivity contribution in [2.24, 2.45) is 22.7 Å². The summed E-state index contributed by atoms with van der Waals surface area (Å²) >= 11 is 0. The maximum absolute atomic E-state index is 14.3. The molecule has 5 aliphatic heterocycles. The van der Waals surface area contributed by atoms with E-state index >= 15 is 0 Å². The number of aliphatic hydroxyl groups is 1. The summed E-state index contributed by atoms with van der Waals surface area (Å²) in [5.41, 5.74) is 6.84. The predicted octanol–water partition coefficient (Wildman–Crippen LogP) is 4.86. The number of allylic oxidation sites excluding steroid dienone is 2. The van der Waals surface area contributed by atoms with E-state index in [0.29, 0.717) is 57.3 Å². The highest BCUT2D eigenvalue weighted by molar-refractivity contribution is 5.91. The molecule has 2 aromatic carbocycles. The van der Waals surface area contributed by atoms with E-state index in [-0.39, 0.29) is 41.7 Å². The molecule has 17 nitrogen and oxygen atoms in total. The molecule has 0 bridgehead atoms. The maximum Gasteiger partial charge on any atom is 0.407 e. The summed E-state index contributed by atoms with van der Waals surface area (Å²) in [7, 11) is 4.27. The number of rotatable bonds is 13. The number of hydrogen-bond donors (Lipinski definition) is 5. The van der Waals surface area contributed by atoms with Gasteiger partial charge < -0.3 is 54.6 Å². The number of aliphatic hydroxyl groups excluding tert-OH is 1. The second-order valence-corrected chi connectivity index (χ2v) is 18.2. The number of ether oxygens (including phenoxy) is 5. The maximum atomic E-state index is 14.3. The number of H-pyrrole nitrogens is 1. The van der Waals surface area contributed by atoms with Gasteiger partial charge in [-0.2, -0.15) is 0 Å². The van der Waals surface area contributed by atoms with E-state index in [1.54, 1.807) is 30.3 Å². The van der Waals surface area contributed by atoms with Gasteiger partial charge in [0.25, 0.3) is 5.91 Å². The molecule has 9 rings (SSSR count). The summed E-state index contributed by atoms with van der Waals surface area (Å²) in [6.07, 6.45) is 3.11. The summed E-state index contributed by atoms with van der Waals surface area (Å²) in [5, 5.41) is 21.0. The van der Waals surface area contributed by atoms with E-state index in [0.717, 1.165) is 57.3 Å². The van der Waals surface area contributed by atoms with Crippen molar-refractivity contribution < 1.29 is 43.2 Å². The van der Waals surface area contributed by atoms with E-state index in [2.05, 4.69) is 51.0 Å². The first-order valence-corrected chi connectivity index (χ1v) is 22.6. The molecular formula is C49H58N8O9. The summed E-state index contributed by atoms with van der Waals surface area (Å²) in [6, 6.07) is 10.9. The molecule has 1 saturated heterocycles. The lowest BCUT2D eigenvalue weighted by atomic mass is 9.80. The number of aliphatic imine (C=N–C) groups is 1. The molecule has 0 radical (unpaired) electrons. The van der Waals surface area contributed by atoms with E-state index < -0.39 is 36.5 Å². The molecule has 1 fully saturated rings. The third kappa shape index (κ3) is 8.72. The summed E-state index contributed by atoms with van der Waals surface area (Å²) in [6.45, 7) is 8.65. The van der Waals surface area contributed by atoms with E-state index in [9.17, 15) is 19.5 Å². The number of aromatic nitrogens is 2. The highest BCUT2D eigenvalue weighted by atomic mass is 16.5. The van der Waals surface area contributed by atoms with Gasteiger partial charge in [-0.25, -0.2) is 14.6 Å². The van der Waals surface area contributed by atoms with Gasteiger partial charge in [0.2, 0.25) is 0 Å². The van der Waals surface area contributed by atoms with Crippen LogP contribution in [-0.2, 0) is 30.3 Å². The Labute approximate surface area is 384 Å². The standard InChI is InChI=1S/C49H58N8O9/c1-26(2)42(54-48(60)63-5)46(58)57-22-28(23-62-4)14-37(57)45-51-20-35(53-45)31-16-33-25-65-38-17-30(15-32-24-66-39(18-31)41(33)40(32)38)34-19-50-44(52-34)36-13-12-27(3)21-56(36)47(59)43(55-49(61)64-6)29-10-8-7-9-11-29/h7-11,16-19,26-28,30,35-37,42-43,46,58H,14-15,20-25H2,1-6H3,(H,50,52)(H,51,53)(H,54,60)(H,55,61)/t27-,28-,30?,35?,36-,37-,42-,43+,46?/m0/s1. The van der Waals surface area contributed by atoms with Crippen LogP contribution in [-0.4, -0.2) is 121 Å². The molecule has 9 atom stereocenters. The molecule has 5 N–H and O–H groups in total. The topological polar surface area (TPSA) is 201 Å². The molecule has 1 aromatic heterocycles. The van der Waals surface area contributed by atoms with E-state index in [4.69, 9.17) is 33.7 Å². The Bertz CT molecular complexity index is 2510. The largest absolute Gasteiger partial charge is 0.489 e. The Morgan fingerprint density at radius 2 is 1.80 bits per heavy atom. The zero-order valence-electron chi connectivity index (χ0n) is 38.1. The zero-order chi connectivity index (χ0) is 46.2. The lowest BCUT2D eigenvalue weighted by Gasteiger charge is -2.37. The van der Waals surface area contributed by atoms with Crippen LogP contribution in [0.25, 0.3) is 5.57 Å². The third-order valence-electron chi connectivity index (χ3n) is 13.5. The Kier molecular flexibility index (Phi) is 12.8. The number of methoxy groups -OCH3 is 3. The van der Waals surface area contributed by atoms with Gasteiger partial charge in [0, 0.05) is 60.6 Å². The third-order valence-corrected chi connectivity index (χ3v) is 13.5. The van der Waals surface area contributed by atoms with Crippen LogP contribution in [0.1, 0.15) is 91.4 Å². The van der Waals surface area contributed by atoms with Crippen molar-refractivity contribution in [2.45, 2.75) is 82.6 Å². The number of nitrogens with one attached hydrogen (secondary N) is 4. The van der Waals surface area contributed by atoms with Gasteiger partial charge in [-0.05, 0) is 66.5 Å². The molecule has 6 heterocycles. The van der Waals surface area contributed by atoms with Gasteiger partial charge in [-0.1, -0.05) is 56.0 Å². The summed E-state index contributed by atoms with van der Waals surface area (Å²) in [4.78, 5) is 56.0. The number of aromatic amines is 1. The van der Waals surface area contributed by atoms with Gasteiger partial charge in [0.1, 0.15) is 48.7 Å². The van der Waals surface area contributed by atoms with Crippen molar-refractivity contribution in [3.63, 3.8) is 0 Å². The van der Waals surface area contributed by atoms with Crippen LogP contribution in [0.4, 0.5) is 9.59 Å². The molecule has 3 unspecified atom stereocenters. The highest BCUT2D eigenvalue weighted by Crippen LogP contribution is 2.50. The van der Waals surface area contributed by atoms with Crippen LogP contribution < -0.4 is 20.7 Å². The van der Waals surface area contributed by atoms with Crippen molar-refractivity contribution in [3.05, 3.63) is 99.8 Å². The molecule has 3 amide bonds. The van der Waals surface area contributed by atoms with Crippen LogP contribution in [0.5, 0.6) is 5.75 Å². The zero-order valence-corrected chi connectivity index (χ0v) is 38.1. The molecule has 348 valence electrons. The van der Waals surface area contributed by atoms with E-state index in [1.165, 1.54) is 14.2 Å². The van der Waals surface area contributed by atoms with Crippen molar-refractivity contribution in [3.8, 4) is 17.6 Å². The minimum Gasteiger partial charge on any atom is -0.489 e. The first-order chi connectivity index (χ1) is 31.9. The normalized spacial score (nSPS) is 25.4. The summed E-state index contributed by atoms with van der Waals surface area (Å²) < 4.78 is 28.4. The molecule has 0 saturated carbocycles. The van der Waals surface area contributed by atoms with Gasteiger partial charge >= 0.3 is 12.2 Å². The number of amidine groups is 1. The second-order valence-electron chi connectivity index (χ2n) is 18.2. The fourth-order valence-corrected chi connectivity index (χ4v) is 10.2. The van der Waals surface area contributed by atoms with Crippen molar-refractivity contribution in [1.29, 1.82) is 0 Å². The number of carbonyl (C=O) groups excluding carboxylic acids is 3. The lowest BCUT2D eigenvalue weighted by Crippen LogP contribution is -2.57. The molecule has 1 aliphatic carbocycles. The Balaban J connectivity index is 0.910. The van der Waals surface area contributed by atoms with Crippen molar-refractivity contribution in [2.75, 3.05) is 54.2 Å². The number of likely N-dealkylation sites (tertiary alicyclic amines) is 1. The van der Waals surface area contributed by atoms with Gasteiger partial charge in [-0.15, -0.1) is 0 Å². The highest BCUT2D eigenvalue weighted by Gasteiger charge is 2.45. The number of amides is 3. The predicted molar refractivity (Wildman–Crippen MR) is 243 cm³/mol. The Morgan fingerprint density at radius 3 is 2.56 bits per heavy atom. The van der Waals surface area contributed by atoms with Crippen molar-refractivity contribution in [1.82, 2.24) is 35.7 Å². The Morgan fingerprint density at radius 1 is 1.02 bits per heavy atom. The second kappa shape index (κ2) is 18.9. The molecular weight excluding hydrogens is 845 g/mol. The van der Waals surface area contributed by atoms with Crippen LogP contribution >= 0.6 is 0 Å².